The minimum absolute atomic E-state index is 0.391. The van der Waals surface area contributed by atoms with E-state index in [1.54, 1.807) is 13.4 Å². The van der Waals surface area contributed by atoms with E-state index >= 15 is 0 Å². The van der Waals surface area contributed by atoms with Gasteiger partial charge in [-0.3, -0.25) is 0 Å². The van der Waals surface area contributed by atoms with Crippen molar-refractivity contribution in [3.8, 4) is 11.6 Å². The van der Waals surface area contributed by atoms with Gasteiger partial charge in [-0.25, -0.2) is 9.97 Å². The SMILES string of the molecule is COc1nc(C(C)C)ccc1-n1cnc(C)c1. The van der Waals surface area contributed by atoms with Crippen molar-refractivity contribution in [2.24, 2.45) is 0 Å². The van der Waals surface area contributed by atoms with E-state index in [4.69, 9.17) is 4.74 Å². The van der Waals surface area contributed by atoms with E-state index in [-0.39, 0.29) is 0 Å². The molecule has 0 N–H and O–H groups in total. The van der Waals surface area contributed by atoms with Crippen LogP contribution in [0.3, 0.4) is 0 Å². The van der Waals surface area contributed by atoms with E-state index in [0.717, 1.165) is 17.1 Å². The minimum atomic E-state index is 0.391. The van der Waals surface area contributed by atoms with E-state index in [1.807, 2.05) is 29.8 Å². The Kier molecular flexibility index (Phi) is 3.13. The first kappa shape index (κ1) is 11.6. The predicted molar refractivity (Wildman–Crippen MR) is 66.7 cm³/mol. The molecule has 0 radical (unpaired) electrons. The number of imidazole rings is 1. The zero-order chi connectivity index (χ0) is 12.4. The molecule has 0 unspecified atom stereocenters. The van der Waals surface area contributed by atoms with Gasteiger partial charge in [0.25, 0.3) is 0 Å². The monoisotopic (exact) mass is 231 g/mol. The number of aromatic nitrogens is 3. The van der Waals surface area contributed by atoms with Gasteiger partial charge in [0.05, 0.1) is 19.1 Å². The zero-order valence-corrected chi connectivity index (χ0v) is 10.6. The number of hydrogen-bond donors (Lipinski definition) is 0. The molecule has 2 aromatic heterocycles. The molecule has 0 atom stereocenters. The summed E-state index contributed by atoms with van der Waals surface area (Å²) < 4.78 is 7.26. The van der Waals surface area contributed by atoms with E-state index < -0.39 is 0 Å². The molecular weight excluding hydrogens is 214 g/mol. The lowest BCUT2D eigenvalue weighted by molar-refractivity contribution is 0.393. The molecule has 0 aliphatic carbocycles. The Hall–Kier alpha value is -1.84. The van der Waals surface area contributed by atoms with Crippen LogP contribution in [0.4, 0.5) is 0 Å². The van der Waals surface area contributed by atoms with Crippen molar-refractivity contribution in [3.63, 3.8) is 0 Å². The second-order valence-corrected chi connectivity index (χ2v) is 4.34. The van der Waals surface area contributed by atoms with Gasteiger partial charge in [-0.05, 0) is 25.0 Å². The van der Waals surface area contributed by atoms with Gasteiger partial charge < -0.3 is 9.30 Å². The normalized spacial score (nSPS) is 10.9. The van der Waals surface area contributed by atoms with E-state index in [9.17, 15) is 0 Å². The third-order valence-electron chi connectivity index (χ3n) is 2.64. The molecule has 2 aromatic rings. The molecule has 0 aromatic carbocycles. The highest BCUT2D eigenvalue weighted by atomic mass is 16.5. The zero-order valence-electron chi connectivity index (χ0n) is 10.6. The maximum absolute atomic E-state index is 5.34. The molecule has 0 aliphatic heterocycles. The topological polar surface area (TPSA) is 39.9 Å². The number of nitrogens with zero attached hydrogens (tertiary/aromatic N) is 3. The van der Waals surface area contributed by atoms with Gasteiger partial charge in [0.1, 0.15) is 5.69 Å². The molecule has 4 nitrogen and oxygen atoms in total. The standard InChI is InChI=1S/C13H17N3O/c1-9(2)11-5-6-12(13(15-11)17-4)16-7-10(3)14-8-16/h5-9H,1-4H3. The molecule has 0 saturated carbocycles. The van der Waals surface area contributed by atoms with Crippen LogP contribution < -0.4 is 4.74 Å². The molecule has 90 valence electrons. The van der Waals surface area contributed by atoms with Crippen LogP contribution in [0, 0.1) is 6.92 Å². The summed E-state index contributed by atoms with van der Waals surface area (Å²) >= 11 is 0. The van der Waals surface area contributed by atoms with Gasteiger partial charge in [0.15, 0.2) is 0 Å². The lowest BCUT2D eigenvalue weighted by Crippen LogP contribution is -2.01. The van der Waals surface area contributed by atoms with Crippen LogP contribution >= 0.6 is 0 Å². The Morgan fingerprint density at radius 1 is 1.29 bits per heavy atom. The van der Waals surface area contributed by atoms with Gasteiger partial charge in [0, 0.05) is 11.9 Å². The molecule has 0 fully saturated rings. The van der Waals surface area contributed by atoms with Gasteiger partial charge in [-0.1, -0.05) is 13.8 Å². The summed E-state index contributed by atoms with van der Waals surface area (Å²) in [5.41, 5.74) is 2.92. The van der Waals surface area contributed by atoms with Crippen LogP contribution in [-0.4, -0.2) is 21.6 Å². The largest absolute Gasteiger partial charge is 0.479 e. The highest BCUT2D eigenvalue weighted by Crippen LogP contribution is 2.23. The van der Waals surface area contributed by atoms with E-state index in [1.165, 1.54) is 0 Å². The van der Waals surface area contributed by atoms with Crippen molar-refractivity contribution in [2.45, 2.75) is 26.7 Å². The highest BCUT2D eigenvalue weighted by molar-refractivity contribution is 5.43. The molecule has 2 rings (SSSR count). The summed E-state index contributed by atoms with van der Waals surface area (Å²) in [6.45, 7) is 6.19. The number of hydrogen-bond acceptors (Lipinski definition) is 3. The Balaban J connectivity index is 2.48. The fourth-order valence-corrected chi connectivity index (χ4v) is 1.67. The Bertz CT molecular complexity index is 517. The second kappa shape index (κ2) is 4.57. The number of pyridine rings is 1. The quantitative estimate of drug-likeness (QED) is 0.815. The number of rotatable bonds is 3. The Labute approximate surface area is 101 Å². The smallest absolute Gasteiger partial charge is 0.238 e. The second-order valence-electron chi connectivity index (χ2n) is 4.34. The number of methoxy groups -OCH3 is 1. The molecule has 17 heavy (non-hydrogen) atoms. The van der Waals surface area contributed by atoms with Crippen molar-refractivity contribution in [2.75, 3.05) is 7.11 Å². The van der Waals surface area contributed by atoms with Crippen LogP contribution in [0.5, 0.6) is 5.88 Å². The first-order valence-corrected chi connectivity index (χ1v) is 5.67. The molecular formula is C13H17N3O. The predicted octanol–water partition coefficient (Wildman–Crippen LogP) is 2.71. The molecule has 0 bridgehead atoms. The summed E-state index contributed by atoms with van der Waals surface area (Å²) in [7, 11) is 1.64. The number of ether oxygens (including phenoxy) is 1. The lowest BCUT2D eigenvalue weighted by atomic mass is 10.1. The Morgan fingerprint density at radius 3 is 2.59 bits per heavy atom. The lowest BCUT2D eigenvalue weighted by Gasteiger charge is -2.11. The average molecular weight is 231 g/mol. The van der Waals surface area contributed by atoms with Crippen LogP contribution in [-0.2, 0) is 0 Å². The van der Waals surface area contributed by atoms with Crippen molar-refractivity contribution in [3.05, 3.63) is 36.0 Å². The van der Waals surface area contributed by atoms with Crippen molar-refractivity contribution < 1.29 is 4.74 Å². The van der Waals surface area contributed by atoms with Gasteiger partial charge >= 0.3 is 0 Å². The van der Waals surface area contributed by atoms with E-state index in [0.29, 0.717) is 11.8 Å². The van der Waals surface area contributed by atoms with Crippen molar-refractivity contribution >= 4 is 0 Å². The van der Waals surface area contributed by atoms with Crippen LogP contribution in [0.1, 0.15) is 31.2 Å². The van der Waals surface area contributed by atoms with Gasteiger partial charge in [-0.2, -0.15) is 0 Å². The van der Waals surface area contributed by atoms with Crippen molar-refractivity contribution in [1.29, 1.82) is 0 Å². The third kappa shape index (κ3) is 2.30. The maximum atomic E-state index is 5.34. The fourth-order valence-electron chi connectivity index (χ4n) is 1.67. The molecule has 2 heterocycles. The van der Waals surface area contributed by atoms with Crippen molar-refractivity contribution in [1.82, 2.24) is 14.5 Å². The van der Waals surface area contributed by atoms with Gasteiger partial charge in [-0.15, -0.1) is 0 Å². The molecule has 0 saturated heterocycles. The molecule has 0 spiro atoms. The Morgan fingerprint density at radius 2 is 2.06 bits per heavy atom. The minimum Gasteiger partial charge on any atom is -0.479 e. The first-order chi connectivity index (χ1) is 8.11. The first-order valence-electron chi connectivity index (χ1n) is 5.67. The summed E-state index contributed by atoms with van der Waals surface area (Å²) in [6.07, 6.45) is 3.72. The summed E-state index contributed by atoms with van der Waals surface area (Å²) in [4.78, 5) is 8.71. The molecule has 0 amide bonds. The van der Waals surface area contributed by atoms with E-state index in [2.05, 4.69) is 23.8 Å². The number of aryl methyl sites for hydroxylation is 1. The average Bonchev–Trinajstić information content (AvgIpc) is 2.74. The van der Waals surface area contributed by atoms with Gasteiger partial charge in [0.2, 0.25) is 5.88 Å². The summed E-state index contributed by atoms with van der Waals surface area (Å²) in [6, 6.07) is 4.04. The van der Waals surface area contributed by atoms with Crippen LogP contribution in [0.15, 0.2) is 24.7 Å². The fraction of sp³-hybridized carbons (Fsp3) is 0.385. The molecule has 4 heteroatoms. The van der Waals surface area contributed by atoms with Crippen LogP contribution in [0.25, 0.3) is 5.69 Å². The maximum Gasteiger partial charge on any atom is 0.238 e. The van der Waals surface area contributed by atoms with Crippen LogP contribution in [0.2, 0.25) is 0 Å². The highest BCUT2D eigenvalue weighted by Gasteiger charge is 2.10. The summed E-state index contributed by atoms with van der Waals surface area (Å²) in [5.74, 6) is 1.02. The third-order valence-corrected chi connectivity index (χ3v) is 2.64. The molecule has 0 aliphatic rings. The summed E-state index contributed by atoms with van der Waals surface area (Å²) in [5, 5.41) is 0.